The van der Waals surface area contributed by atoms with Crippen molar-refractivity contribution in [2.24, 2.45) is 0 Å². The number of aromatic nitrogens is 1. The second kappa shape index (κ2) is 9.29. The van der Waals surface area contributed by atoms with Crippen LogP contribution in [0, 0.1) is 0 Å². The van der Waals surface area contributed by atoms with E-state index in [1.807, 2.05) is 45.0 Å². The highest BCUT2D eigenvalue weighted by atomic mass is 16.6. The summed E-state index contributed by atoms with van der Waals surface area (Å²) in [6.07, 6.45) is -0.434. The number of benzene rings is 1. The van der Waals surface area contributed by atoms with E-state index in [0.717, 1.165) is 11.1 Å². The summed E-state index contributed by atoms with van der Waals surface area (Å²) in [5, 5.41) is 2.97. The number of carbonyl (C=O) groups is 2. The van der Waals surface area contributed by atoms with Gasteiger partial charge in [0.25, 0.3) is 0 Å². The second-order valence-electron chi connectivity index (χ2n) is 9.53. The predicted molar refractivity (Wildman–Crippen MR) is 126 cm³/mol. The molecule has 2 aromatic rings. The second-order valence-corrected chi connectivity index (χ2v) is 9.53. The minimum absolute atomic E-state index is 0.207. The molecule has 1 aromatic carbocycles. The molecule has 1 fully saturated rings. The van der Waals surface area contributed by atoms with E-state index in [2.05, 4.69) is 24.1 Å². The van der Waals surface area contributed by atoms with Crippen LogP contribution in [0.1, 0.15) is 51.7 Å². The molecule has 0 bridgehead atoms. The molecule has 0 spiro atoms. The number of nitrogens with one attached hydrogen (secondary N) is 1. The van der Waals surface area contributed by atoms with E-state index in [1.165, 1.54) is 14.2 Å². The Balaban J connectivity index is 1.96. The van der Waals surface area contributed by atoms with Gasteiger partial charge in [-0.25, -0.2) is 4.79 Å². The maximum absolute atomic E-state index is 13.8. The molecule has 3 rings (SSSR count). The van der Waals surface area contributed by atoms with Crippen LogP contribution in [0.3, 0.4) is 0 Å². The molecule has 1 aromatic heterocycles. The minimum Gasteiger partial charge on any atom is -0.481 e. The Kier molecular flexibility index (Phi) is 6.86. The summed E-state index contributed by atoms with van der Waals surface area (Å²) < 4.78 is 16.0. The Hall–Kier alpha value is -3.29. The van der Waals surface area contributed by atoms with Gasteiger partial charge in [-0.2, -0.15) is 4.98 Å². The first kappa shape index (κ1) is 24.4. The van der Waals surface area contributed by atoms with Crippen LogP contribution in [0.15, 0.2) is 36.4 Å². The zero-order chi connectivity index (χ0) is 24.4. The number of anilines is 1. The number of likely N-dealkylation sites (tertiary alicyclic amines) is 1. The van der Waals surface area contributed by atoms with Gasteiger partial charge in [0, 0.05) is 19.2 Å². The quantitative estimate of drug-likeness (QED) is 0.697. The summed E-state index contributed by atoms with van der Waals surface area (Å²) in [6.45, 7) is 10.1. The van der Waals surface area contributed by atoms with Gasteiger partial charge in [-0.15, -0.1) is 0 Å². The fourth-order valence-corrected chi connectivity index (χ4v) is 3.96. The normalized spacial score (nSPS) is 15.0. The zero-order valence-electron chi connectivity index (χ0n) is 20.4. The van der Waals surface area contributed by atoms with Crippen LogP contribution in [-0.4, -0.2) is 54.8 Å². The molecular formula is C25H33N3O5. The molecule has 0 atom stereocenters. The van der Waals surface area contributed by atoms with E-state index >= 15 is 0 Å². The van der Waals surface area contributed by atoms with Gasteiger partial charge in [0.15, 0.2) is 0 Å². The lowest BCUT2D eigenvalue weighted by Gasteiger charge is -2.49. The number of rotatable bonds is 6. The van der Waals surface area contributed by atoms with Gasteiger partial charge < -0.3 is 24.4 Å². The van der Waals surface area contributed by atoms with Crippen molar-refractivity contribution in [2.45, 2.75) is 51.6 Å². The largest absolute Gasteiger partial charge is 0.481 e. The number of nitrogens with zero attached hydrogens (tertiary/aromatic N) is 2. The molecule has 0 aliphatic carbocycles. The van der Waals surface area contributed by atoms with Gasteiger partial charge >= 0.3 is 6.09 Å². The molecule has 0 radical (unpaired) electrons. The highest BCUT2D eigenvalue weighted by Crippen LogP contribution is 2.41. The Morgan fingerprint density at radius 1 is 1.06 bits per heavy atom. The molecule has 0 saturated carbocycles. The molecule has 1 N–H and O–H groups in total. The number of amides is 2. The van der Waals surface area contributed by atoms with Crippen LogP contribution in [0.5, 0.6) is 11.8 Å². The van der Waals surface area contributed by atoms with Crippen LogP contribution in [0.25, 0.3) is 0 Å². The molecule has 33 heavy (non-hydrogen) atoms. The van der Waals surface area contributed by atoms with E-state index in [1.54, 1.807) is 17.0 Å². The van der Waals surface area contributed by atoms with E-state index in [-0.39, 0.29) is 30.8 Å². The minimum atomic E-state index is -0.928. The van der Waals surface area contributed by atoms with Crippen LogP contribution < -0.4 is 14.8 Å². The molecule has 0 unspecified atom stereocenters. The Morgan fingerprint density at radius 3 is 2.30 bits per heavy atom. The van der Waals surface area contributed by atoms with Crippen molar-refractivity contribution >= 4 is 17.7 Å². The predicted octanol–water partition coefficient (Wildman–Crippen LogP) is 4.35. The van der Waals surface area contributed by atoms with E-state index < -0.39 is 17.1 Å². The number of hydrogen-bond acceptors (Lipinski definition) is 6. The molecule has 1 saturated heterocycles. The summed E-state index contributed by atoms with van der Waals surface area (Å²) >= 11 is 0. The van der Waals surface area contributed by atoms with Crippen molar-refractivity contribution < 1.29 is 23.8 Å². The molecule has 2 heterocycles. The van der Waals surface area contributed by atoms with Crippen LogP contribution in [-0.2, 0) is 14.9 Å². The average molecular weight is 456 g/mol. The summed E-state index contributed by atoms with van der Waals surface area (Å²) in [7, 11) is 2.99. The third-order valence-electron chi connectivity index (χ3n) is 5.59. The van der Waals surface area contributed by atoms with E-state index in [0.29, 0.717) is 11.6 Å². The lowest BCUT2D eigenvalue weighted by atomic mass is 9.70. The van der Waals surface area contributed by atoms with Crippen molar-refractivity contribution in [1.82, 2.24) is 9.88 Å². The molecule has 1 aliphatic rings. The van der Waals surface area contributed by atoms with Crippen molar-refractivity contribution in [3.63, 3.8) is 0 Å². The van der Waals surface area contributed by atoms with Gasteiger partial charge in [0.05, 0.1) is 14.2 Å². The van der Waals surface area contributed by atoms with Crippen molar-refractivity contribution in [3.05, 3.63) is 47.5 Å². The third kappa shape index (κ3) is 5.05. The first-order valence-electron chi connectivity index (χ1n) is 11.0. The number of methoxy groups -OCH3 is 2. The maximum Gasteiger partial charge on any atom is 0.410 e. The topological polar surface area (TPSA) is 90.0 Å². The molecule has 178 valence electrons. The fraction of sp³-hybridized carbons (Fsp3) is 0.480. The van der Waals surface area contributed by atoms with Crippen LogP contribution in [0.2, 0.25) is 0 Å². The average Bonchev–Trinajstić information content (AvgIpc) is 2.72. The summed E-state index contributed by atoms with van der Waals surface area (Å²) in [4.78, 5) is 32.2. The molecule has 2 amide bonds. The summed E-state index contributed by atoms with van der Waals surface area (Å²) in [5.41, 5.74) is 0.854. The standard InChI is InChI=1S/C25H33N3O5/c1-16(2)17-10-8-9-11-18(17)25(14-28(15-25)23(30)33-24(3,4)5)22(29)26-19-12-13-20(31-6)27-21(19)32-7/h8-13,16H,14-15H2,1-7H3,(H,26,29). The number of hydrogen-bond donors (Lipinski definition) is 1. The molecule has 1 aliphatic heterocycles. The third-order valence-corrected chi connectivity index (χ3v) is 5.59. The first-order chi connectivity index (χ1) is 15.5. The molecular weight excluding hydrogens is 422 g/mol. The lowest BCUT2D eigenvalue weighted by molar-refractivity contribution is -0.127. The number of carbonyl (C=O) groups excluding carboxylic acids is 2. The molecule has 8 heteroatoms. The smallest absolute Gasteiger partial charge is 0.410 e. The first-order valence-corrected chi connectivity index (χ1v) is 11.0. The Bertz CT molecular complexity index is 1020. The van der Waals surface area contributed by atoms with Crippen molar-refractivity contribution in [2.75, 3.05) is 32.6 Å². The van der Waals surface area contributed by atoms with Crippen molar-refractivity contribution in [1.29, 1.82) is 0 Å². The highest BCUT2D eigenvalue weighted by molar-refractivity contribution is 6.02. The number of ether oxygens (including phenoxy) is 3. The van der Waals surface area contributed by atoms with Crippen LogP contribution >= 0.6 is 0 Å². The summed E-state index contributed by atoms with van der Waals surface area (Å²) in [6, 6.07) is 11.2. The Labute approximate surface area is 195 Å². The zero-order valence-corrected chi connectivity index (χ0v) is 20.4. The monoisotopic (exact) mass is 455 g/mol. The number of pyridine rings is 1. The van der Waals surface area contributed by atoms with Crippen molar-refractivity contribution in [3.8, 4) is 11.8 Å². The van der Waals surface area contributed by atoms with E-state index in [4.69, 9.17) is 14.2 Å². The van der Waals surface area contributed by atoms with Gasteiger partial charge in [-0.1, -0.05) is 38.1 Å². The fourth-order valence-electron chi connectivity index (χ4n) is 3.96. The lowest BCUT2D eigenvalue weighted by Crippen LogP contribution is -2.67. The van der Waals surface area contributed by atoms with Crippen LogP contribution in [0.4, 0.5) is 10.5 Å². The van der Waals surface area contributed by atoms with Gasteiger partial charge in [0.2, 0.25) is 17.7 Å². The van der Waals surface area contributed by atoms with Gasteiger partial charge in [-0.3, -0.25) is 4.79 Å². The van der Waals surface area contributed by atoms with E-state index in [9.17, 15) is 9.59 Å². The van der Waals surface area contributed by atoms with Gasteiger partial charge in [0.1, 0.15) is 16.7 Å². The molecule has 8 nitrogen and oxygen atoms in total. The SMILES string of the molecule is COc1ccc(NC(=O)C2(c3ccccc3C(C)C)CN(C(=O)OC(C)(C)C)C2)c(OC)n1. The van der Waals surface area contributed by atoms with Gasteiger partial charge in [-0.05, 0) is 43.9 Å². The highest BCUT2D eigenvalue weighted by Gasteiger charge is 2.54. The maximum atomic E-state index is 13.8. The summed E-state index contributed by atoms with van der Waals surface area (Å²) in [5.74, 6) is 0.599. The Morgan fingerprint density at radius 2 is 1.73 bits per heavy atom.